The van der Waals surface area contributed by atoms with Gasteiger partial charge in [0.25, 0.3) is 11.3 Å². The minimum Gasteiger partial charge on any atom is -0.366 e. The predicted octanol–water partition coefficient (Wildman–Crippen LogP) is 0.334. The van der Waals surface area contributed by atoms with Crippen LogP contribution < -0.4 is 10.5 Å². The Morgan fingerprint density at radius 1 is 1.54 bits per heavy atom. The lowest BCUT2D eigenvalue weighted by Gasteiger charge is -2.01. The number of hydrogen-bond acceptors (Lipinski definition) is 2. The Kier molecular flexibility index (Phi) is 2.99. The van der Waals surface area contributed by atoms with Gasteiger partial charge in [-0.15, -0.1) is 0 Å². The van der Waals surface area contributed by atoms with Crippen LogP contribution in [0.3, 0.4) is 0 Å². The maximum atomic E-state index is 10.7. The molecule has 4 N–H and O–H groups in total. The van der Waals surface area contributed by atoms with Crippen molar-refractivity contribution < 1.29 is 13.6 Å². The SMILES string of the molecule is NC(=O)c1cccc(NS(=O)O)c1. The van der Waals surface area contributed by atoms with Gasteiger partial charge in [-0.3, -0.25) is 14.1 Å². The highest BCUT2D eigenvalue weighted by Gasteiger charge is 2.01. The Hall–Kier alpha value is -1.40. The molecule has 0 aliphatic rings. The Bertz CT molecular complexity index is 353. The van der Waals surface area contributed by atoms with Gasteiger partial charge in [-0.05, 0) is 18.2 Å². The molecule has 13 heavy (non-hydrogen) atoms. The van der Waals surface area contributed by atoms with Crippen molar-refractivity contribution in [3.8, 4) is 0 Å². The molecule has 5 nitrogen and oxygen atoms in total. The maximum absolute atomic E-state index is 10.7. The highest BCUT2D eigenvalue weighted by molar-refractivity contribution is 7.80. The Morgan fingerprint density at radius 3 is 2.77 bits per heavy atom. The van der Waals surface area contributed by atoms with E-state index in [2.05, 4.69) is 4.72 Å². The minimum absolute atomic E-state index is 0.287. The van der Waals surface area contributed by atoms with Crippen LogP contribution in [-0.2, 0) is 11.3 Å². The second-order valence-corrected chi connectivity index (χ2v) is 3.00. The van der Waals surface area contributed by atoms with Crippen LogP contribution in [0.25, 0.3) is 0 Å². The molecule has 1 atom stereocenters. The lowest BCUT2D eigenvalue weighted by Crippen LogP contribution is -2.11. The first-order valence-electron chi connectivity index (χ1n) is 3.37. The van der Waals surface area contributed by atoms with Crippen molar-refractivity contribution in [2.45, 2.75) is 0 Å². The van der Waals surface area contributed by atoms with Gasteiger partial charge in [0, 0.05) is 11.3 Å². The van der Waals surface area contributed by atoms with E-state index < -0.39 is 17.2 Å². The van der Waals surface area contributed by atoms with Crippen LogP contribution in [0.4, 0.5) is 5.69 Å². The van der Waals surface area contributed by atoms with Gasteiger partial charge >= 0.3 is 0 Å². The first-order chi connectivity index (χ1) is 6.09. The Labute approximate surface area is 77.4 Å². The van der Waals surface area contributed by atoms with E-state index in [1.165, 1.54) is 12.1 Å². The average molecular weight is 200 g/mol. The molecule has 0 heterocycles. The number of nitrogens with two attached hydrogens (primary N) is 1. The fourth-order valence-electron chi connectivity index (χ4n) is 0.837. The molecule has 1 rings (SSSR count). The average Bonchev–Trinajstić information content (AvgIpc) is 2.03. The van der Waals surface area contributed by atoms with Crippen molar-refractivity contribution in [1.82, 2.24) is 0 Å². The fraction of sp³-hybridized carbons (Fsp3) is 0. The van der Waals surface area contributed by atoms with E-state index in [1.807, 2.05) is 0 Å². The van der Waals surface area contributed by atoms with E-state index >= 15 is 0 Å². The molecular weight excluding hydrogens is 192 g/mol. The fourth-order valence-corrected chi connectivity index (χ4v) is 1.17. The Morgan fingerprint density at radius 2 is 2.23 bits per heavy atom. The molecule has 70 valence electrons. The second-order valence-electron chi connectivity index (χ2n) is 2.30. The van der Waals surface area contributed by atoms with Gasteiger partial charge in [0.15, 0.2) is 0 Å². The van der Waals surface area contributed by atoms with E-state index in [-0.39, 0.29) is 5.56 Å². The van der Waals surface area contributed by atoms with Crippen LogP contribution >= 0.6 is 0 Å². The summed E-state index contributed by atoms with van der Waals surface area (Å²) in [6.07, 6.45) is 0. The molecule has 1 unspecified atom stereocenters. The van der Waals surface area contributed by atoms with Gasteiger partial charge in [0.1, 0.15) is 0 Å². The summed E-state index contributed by atoms with van der Waals surface area (Å²) in [6.45, 7) is 0. The maximum Gasteiger partial charge on any atom is 0.259 e. The van der Waals surface area contributed by atoms with Crippen molar-refractivity contribution >= 4 is 22.9 Å². The zero-order chi connectivity index (χ0) is 9.84. The monoisotopic (exact) mass is 200 g/mol. The molecule has 0 bridgehead atoms. The Balaban J connectivity index is 2.91. The van der Waals surface area contributed by atoms with Gasteiger partial charge in [-0.1, -0.05) is 6.07 Å². The van der Waals surface area contributed by atoms with Crippen LogP contribution in [0.5, 0.6) is 0 Å². The van der Waals surface area contributed by atoms with Crippen molar-refractivity contribution in [3.05, 3.63) is 29.8 Å². The summed E-state index contributed by atoms with van der Waals surface area (Å²) >= 11 is -2.14. The van der Waals surface area contributed by atoms with Crippen molar-refractivity contribution in [3.63, 3.8) is 0 Å². The molecular formula is C7H8N2O3S. The summed E-state index contributed by atoms with van der Waals surface area (Å²) in [4.78, 5) is 10.7. The second kappa shape index (κ2) is 4.01. The largest absolute Gasteiger partial charge is 0.366 e. The van der Waals surface area contributed by atoms with Gasteiger partial charge in [-0.2, -0.15) is 0 Å². The number of carbonyl (C=O) groups is 1. The lowest BCUT2D eigenvalue weighted by molar-refractivity contribution is 0.100. The van der Waals surface area contributed by atoms with Crippen molar-refractivity contribution in [1.29, 1.82) is 0 Å². The number of rotatable bonds is 3. The van der Waals surface area contributed by atoms with E-state index in [9.17, 15) is 9.00 Å². The third-order valence-electron chi connectivity index (χ3n) is 1.35. The van der Waals surface area contributed by atoms with Gasteiger partial charge < -0.3 is 5.73 Å². The summed E-state index contributed by atoms with van der Waals surface area (Å²) in [5.41, 5.74) is 5.67. The first-order valence-corrected chi connectivity index (χ1v) is 4.47. The number of primary amides is 1. The topological polar surface area (TPSA) is 92.4 Å². The number of hydrogen-bond donors (Lipinski definition) is 3. The van der Waals surface area contributed by atoms with Gasteiger partial charge in [-0.25, -0.2) is 4.21 Å². The summed E-state index contributed by atoms with van der Waals surface area (Å²) in [5, 5.41) is 0. The number of carbonyl (C=O) groups excluding carboxylic acids is 1. The molecule has 0 aromatic heterocycles. The molecule has 0 radical (unpaired) electrons. The van der Waals surface area contributed by atoms with Crippen LogP contribution in [-0.4, -0.2) is 14.7 Å². The molecule has 1 aromatic carbocycles. The zero-order valence-electron chi connectivity index (χ0n) is 6.56. The van der Waals surface area contributed by atoms with E-state index in [4.69, 9.17) is 10.3 Å². The summed E-state index contributed by atoms with van der Waals surface area (Å²) in [6, 6.07) is 6.04. The van der Waals surface area contributed by atoms with Gasteiger partial charge in [0.2, 0.25) is 5.91 Å². The summed E-state index contributed by atoms with van der Waals surface area (Å²) in [7, 11) is 0. The number of nitrogens with one attached hydrogen (secondary N) is 1. The lowest BCUT2D eigenvalue weighted by atomic mass is 10.2. The number of amides is 1. The van der Waals surface area contributed by atoms with Crippen molar-refractivity contribution in [2.75, 3.05) is 4.72 Å². The molecule has 1 amide bonds. The normalized spacial score (nSPS) is 12.1. The predicted molar refractivity (Wildman–Crippen MR) is 49.4 cm³/mol. The molecule has 0 saturated carbocycles. The van der Waals surface area contributed by atoms with E-state index in [0.29, 0.717) is 5.69 Å². The highest BCUT2D eigenvalue weighted by Crippen LogP contribution is 2.10. The highest BCUT2D eigenvalue weighted by atomic mass is 32.2. The van der Waals surface area contributed by atoms with Crippen LogP contribution in [0.2, 0.25) is 0 Å². The molecule has 1 aromatic rings. The summed E-state index contributed by atoms with van der Waals surface area (Å²) < 4.78 is 21.0. The summed E-state index contributed by atoms with van der Waals surface area (Å²) in [5.74, 6) is -0.577. The quantitative estimate of drug-likeness (QED) is 0.614. The molecule has 0 aliphatic heterocycles. The van der Waals surface area contributed by atoms with Crippen molar-refractivity contribution in [2.24, 2.45) is 5.73 Å². The third-order valence-corrected chi connectivity index (χ3v) is 1.76. The first kappa shape index (κ1) is 9.69. The third kappa shape index (κ3) is 2.85. The minimum atomic E-state index is -2.14. The van der Waals surface area contributed by atoms with Crippen LogP contribution in [0.15, 0.2) is 24.3 Å². The molecule has 0 spiro atoms. The van der Waals surface area contributed by atoms with E-state index in [0.717, 1.165) is 0 Å². The number of anilines is 1. The molecule has 6 heteroatoms. The molecule has 0 fully saturated rings. The van der Waals surface area contributed by atoms with Crippen LogP contribution in [0, 0.1) is 0 Å². The number of benzene rings is 1. The standard InChI is InChI=1S/C7H8N2O3S/c8-7(10)5-2-1-3-6(4-5)9-13(11)12/h1-4,9H,(H2,8,10)(H,11,12). The van der Waals surface area contributed by atoms with E-state index in [1.54, 1.807) is 12.1 Å². The zero-order valence-corrected chi connectivity index (χ0v) is 7.38. The molecule has 0 aliphatic carbocycles. The molecule has 0 saturated heterocycles. The van der Waals surface area contributed by atoms with Crippen LogP contribution in [0.1, 0.15) is 10.4 Å². The smallest absolute Gasteiger partial charge is 0.259 e. The van der Waals surface area contributed by atoms with Gasteiger partial charge in [0.05, 0.1) is 0 Å².